The highest BCUT2D eigenvalue weighted by Gasteiger charge is 2.12. The molecule has 0 fully saturated rings. The number of amides is 2. The first-order valence-electron chi connectivity index (χ1n) is 1.73. The molecule has 0 aromatic rings. The number of nitrogens with one attached hydrogen (secondary N) is 1. The Morgan fingerprint density at radius 1 is 2.00 bits per heavy atom. The zero-order chi connectivity index (χ0) is 5.28. The van der Waals surface area contributed by atoms with E-state index in [1.165, 1.54) is 0 Å². The molecule has 0 radical (unpaired) electrons. The van der Waals surface area contributed by atoms with Gasteiger partial charge in [-0.25, -0.2) is 4.79 Å². The van der Waals surface area contributed by atoms with Crippen molar-refractivity contribution >= 4 is 6.03 Å². The van der Waals surface area contributed by atoms with Gasteiger partial charge in [0.1, 0.15) is 0 Å². The van der Waals surface area contributed by atoms with Crippen LogP contribution in [0.3, 0.4) is 0 Å². The molecule has 0 aliphatic carbocycles. The van der Waals surface area contributed by atoms with Gasteiger partial charge in [0.25, 0.3) is 6.67 Å². The molecular formula is C2H3N3O2. The Hall–Kier alpha value is -1.13. The number of nitrogens with zero attached hydrogens (tertiary/aromatic N) is 2. The van der Waals surface area contributed by atoms with Crippen LogP contribution in [0.2, 0.25) is 0 Å². The number of carbonyl (C=O) groups is 1. The maximum absolute atomic E-state index is 9.93. The van der Waals surface area contributed by atoms with Crippen LogP contribution in [0.15, 0.2) is 5.11 Å². The zero-order valence-corrected chi connectivity index (χ0v) is 3.42. The zero-order valence-electron chi connectivity index (χ0n) is 3.42. The molecule has 0 spiro atoms. The molecule has 0 saturated heterocycles. The summed E-state index contributed by atoms with van der Waals surface area (Å²) in [7, 11) is 0. The van der Waals surface area contributed by atoms with E-state index in [4.69, 9.17) is 0 Å². The van der Waals surface area contributed by atoms with Gasteiger partial charge in [-0.2, -0.15) is 0 Å². The molecule has 1 rings (SSSR count). The molecule has 1 N–H and O–H groups in total. The second-order valence-electron chi connectivity index (χ2n) is 1.09. The molecule has 5 nitrogen and oxygen atoms in total. The predicted molar refractivity (Wildman–Crippen MR) is 19.5 cm³/mol. The Labute approximate surface area is 39.2 Å². The van der Waals surface area contributed by atoms with Crippen LogP contribution >= 0.6 is 0 Å². The van der Waals surface area contributed by atoms with E-state index in [0.29, 0.717) is 4.86 Å². The van der Waals surface area contributed by atoms with Crippen LogP contribution in [0.1, 0.15) is 0 Å². The Kier molecular flexibility index (Phi) is 0.680. The third kappa shape index (κ3) is 0.648. The van der Waals surface area contributed by atoms with E-state index in [0.717, 1.165) is 0 Å². The minimum atomic E-state index is -0.560. The molecule has 0 aromatic heterocycles. The van der Waals surface area contributed by atoms with Gasteiger partial charge in [-0.1, -0.05) is 4.86 Å². The SMILES string of the molecule is O=C1N=[N+]([O-])CN1. The first-order chi connectivity index (χ1) is 3.29. The fourth-order valence-electron chi connectivity index (χ4n) is 0.307. The summed E-state index contributed by atoms with van der Waals surface area (Å²) in [5.41, 5.74) is 0. The summed E-state index contributed by atoms with van der Waals surface area (Å²) in [5, 5.41) is 15.0. The average molecular weight is 101 g/mol. The van der Waals surface area contributed by atoms with E-state index < -0.39 is 6.03 Å². The van der Waals surface area contributed by atoms with Crippen LogP contribution in [-0.4, -0.2) is 17.6 Å². The first kappa shape index (κ1) is 4.04. The second kappa shape index (κ2) is 1.18. The van der Waals surface area contributed by atoms with Crippen LogP contribution < -0.4 is 5.32 Å². The molecule has 5 heteroatoms. The highest BCUT2D eigenvalue weighted by Crippen LogP contribution is 1.83. The molecule has 38 valence electrons. The number of carbonyl (C=O) groups excluding carboxylic acids is 1. The Morgan fingerprint density at radius 3 is 2.86 bits per heavy atom. The van der Waals surface area contributed by atoms with Gasteiger partial charge in [0.05, 0.1) is 5.11 Å². The van der Waals surface area contributed by atoms with Gasteiger partial charge in [-0.05, 0) is 0 Å². The van der Waals surface area contributed by atoms with E-state index in [1.807, 2.05) is 0 Å². The maximum atomic E-state index is 9.93. The molecular weight excluding hydrogens is 98.0 g/mol. The van der Waals surface area contributed by atoms with Crippen LogP contribution in [0, 0.1) is 5.21 Å². The van der Waals surface area contributed by atoms with Crippen molar-refractivity contribution in [2.75, 3.05) is 6.67 Å². The lowest BCUT2D eigenvalue weighted by molar-refractivity contribution is -0.515. The van der Waals surface area contributed by atoms with Crippen molar-refractivity contribution in [1.82, 2.24) is 5.32 Å². The molecule has 1 aliphatic rings. The van der Waals surface area contributed by atoms with Crippen LogP contribution in [0.4, 0.5) is 4.79 Å². The summed E-state index contributed by atoms with van der Waals surface area (Å²) in [5.74, 6) is 0. The topological polar surface area (TPSA) is 67.5 Å². The summed E-state index contributed by atoms with van der Waals surface area (Å²) < 4.78 is 0. The third-order valence-corrected chi connectivity index (χ3v) is 0.568. The van der Waals surface area contributed by atoms with Crippen molar-refractivity contribution in [3.8, 4) is 0 Å². The lowest BCUT2D eigenvalue weighted by atomic mass is 11.0. The Balaban J connectivity index is 2.67. The smallest absolute Gasteiger partial charge is 0.406 e. The largest absolute Gasteiger partial charge is 0.598 e. The van der Waals surface area contributed by atoms with Gasteiger partial charge < -0.3 is 5.21 Å². The van der Waals surface area contributed by atoms with E-state index >= 15 is 0 Å². The number of rotatable bonds is 0. The normalized spacial score (nSPS) is 18.9. The fourth-order valence-corrected chi connectivity index (χ4v) is 0.307. The van der Waals surface area contributed by atoms with Gasteiger partial charge in [-0.15, -0.1) is 0 Å². The molecule has 2 amide bonds. The number of hydroxylamine groups is 1. The van der Waals surface area contributed by atoms with Crippen molar-refractivity contribution < 1.29 is 9.66 Å². The molecule has 0 bridgehead atoms. The summed E-state index contributed by atoms with van der Waals surface area (Å²) >= 11 is 0. The fraction of sp³-hybridized carbons (Fsp3) is 0.500. The Bertz CT molecular complexity index is 129. The average Bonchev–Trinajstić information content (AvgIpc) is 1.87. The molecule has 1 aliphatic heterocycles. The Morgan fingerprint density at radius 2 is 2.71 bits per heavy atom. The molecule has 0 atom stereocenters. The summed E-state index contributed by atoms with van der Waals surface area (Å²) in [6.07, 6.45) is 0. The summed E-state index contributed by atoms with van der Waals surface area (Å²) in [6.45, 7) is -0.0150. The van der Waals surface area contributed by atoms with Gasteiger partial charge in [0, 0.05) is 0 Å². The predicted octanol–water partition coefficient (Wildman–Crippen LogP) is -0.370. The maximum Gasteiger partial charge on any atom is 0.406 e. The van der Waals surface area contributed by atoms with Crippen LogP contribution in [0.25, 0.3) is 0 Å². The van der Waals surface area contributed by atoms with Crippen molar-refractivity contribution in [3.63, 3.8) is 0 Å². The highest BCUT2D eigenvalue weighted by molar-refractivity contribution is 5.74. The van der Waals surface area contributed by atoms with Gasteiger partial charge in [0.15, 0.2) is 0 Å². The van der Waals surface area contributed by atoms with E-state index in [-0.39, 0.29) is 6.67 Å². The molecule has 0 aromatic carbocycles. The van der Waals surface area contributed by atoms with Crippen LogP contribution in [-0.2, 0) is 0 Å². The van der Waals surface area contributed by atoms with Crippen molar-refractivity contribution in [2.24, 2.45) is 5.11 Å². The van der Waals surface area contributed by atoms with E-state index in [2.05, 4.69) is 10.4 Å². The lowest BCUT2D eigenvalue weighted by Gasteiger charge is -1.83. The molecule has 7 heavy (non-hydrogen) atoms. The minimum Gasteiger partial charge on any atom is -0.598 e. The first-order valence-corrected chi connectivity index (χ1v) is 1.73. The number of hydrogen-bond donors (Lipinski definition) is 1. The standard InChI is InChI=1S/C2H3N3O2/c6-2-3-1-5(7)4-2/h1H2,(H,3,6). The number of urea groups is 1. The van der Waals surface area contributed by atoms with E-state index in [1.54, 1.807) is 0 Å². The monoisotopic (exact) mass is 101 g/mol. The summed E-state index contributed by atoms with van der Waals surface area (Å²) in [4.78, 5) is 10.2. The summed E-state index contributed by atoms with van der Waals surface area (Å²) in [6, 6.07) is -0.560. The quantitative estimate of drug-likeness (QED) is 0.334. The number of hydrogen-bond acceptors (Lipinski definition) is 2. The van der Waals surface area contributed by atoms with Crippen molar-refractivity contribution in [2.45, 2.75) is 0 Å². The van der Waals surface area contributed by atoms with Crippen molar-refractivity contribution in [3.05, 3.63) is 5.21 Å². The molecule has 1 heterocycles. The highest BCUT2D eigenvalue weighted by atomic mass is 16.5. The third-order valence-electron chi connectivity index (χ3n) is 0.568. The molecule has 0 saturated carbocycles. The number of azo groups is 1. The van der Waals surface area contributed by atoms with Crippen molar-refractivity contribution in [1.29, 1.82) is 0 Å². The van der Waals surface area contributed by atoms with Crippen LogP contribution in [0.5, 0.6) is 0 Å². The van der Waals surface area contributed by atoms with Gasteiger partial charge in [-0.3, -0.25) is 5.32 Å². The second-order valence-corrected chi connectivity index (χ2v) is 1.09. The molecule has 0 unspecified atom stereocenters. The van der Waals surface area contributed by atoms with Gasteiger partial charge in [0.2, 0.25) is 0 Å². The van der Waals surface area contributed by atoms with E-state index in [9.17, 15) is 10.0 Å². The lowest BCUT2D eigenvalue weighted by Crippen LogP contribution is -2.15. The van der Waals surface area contributed by atoms with Gasteiger partial charge >= 0.3 is 6.03 Å². The minimum absolute atomic E-state index is 0.0150.